The minimum Gasteiger partial charge on any atom is -0.507 e. The Morgan fingerprint density at radius 1 is 0.791 bits per heavy atom. The highest BCUT2D eigenvalue weighted by atomic mass is 16.5. The quantitative estimate of drug-likeness (QED) is 0.0967. The number of carbonyl (C=O) groups is 1. The van der Waals surface area contributed by atoms with Crippen molar-refractivity contribution in [3.05, 3.63) is 76.1 Å². The minimum atomic E-state index is -0.610. The van der Waals surface area contributed by atoms with E-state index in [1.165, 1.54) is 6.07 Å². The summed E-state index contributed by atoms with van der Waals surface area (Å²) in [5.41, 5.74) is 3.51. The summed E-state index contributed by atoms with van der Waals surface area (Å²) in [6.45, 7) is 11.4. The van der Waals surface area contributed by atoms with Crippen LogP contribution in [0.3, 0.4) is 0 Å². The standard InChI is InChI=1S/C35H35NO7/c1-16(2)26-23-11-19(6)29(33(41)30(23)24(14-37)32(40)34(26)42)28-18(5)10-21-22(31(28)39)12-25(38)35(27(21)17(3)4)43-15-20-8-7-9-36-13-20/h7-14,16-17,38-42H,15H2,1-6H3. The fourth-order valence-electron chi connectivity index (χ4n) is 6.13. The molecule has 0 fully saturated rings. The molecular formula is C35H35NO7. The van der Waals surface area contributed by atoms with Gasteiger partial charge in [-0.05, 0) is 59.7 Å². The Labute approximate surface area is 249 Å². The Balaban J connectivity index is 1.80. The van der Waals surface area contributed by atoms with Crippen LogP contribution in [-0.4, -0.2) is 36.8 Å². The van der Waals surface area contributed by atoms with Crippen molar-refractivity contribution in [2.75, 3.05) is 0 Å². The maximum atomic E-state index is 12.1. The van der Waals surface area contributed by atoms with Crippen molar-refractivity contribution in [2.45, 2.75) is 60.0 Å². The zero-order chi connectivity index (χ0) is 31.3. The molecule has 5 N–H and O–H groups in total. The Morgan fingerprint density at radius 3 is 2.00 bits per heavy atom. The zero-order valence-electron chi connectivity index (χ0n) is 25.0. The van der Waals surface area contributed by atoms with E-state index < -0.39 is 11.5 Å². The molecule has 222 valence electrons. The number of pyridine rings is 1. The van der Waals surface area contributed by atoms with Gasteiger partial charge in [-0.1, -0.05) is 45.9 Å². The van der Waals surface area contributed by atoms with Crippen molar-refractivity contribution in [3.63, 3.8) is 0 Å². The Morgan fingerprint density at radius 2 is 1.42 bits per heavy atom. The number of aromatic nitrogens is 1. The lowest BCUT2D eigenvalue weighted by atomic mass is 9.84. The molecule has 0 aliphatic rings. The molecule has 8 heteroatoms. The van der Waals surface area contributed by atoms with Gasteiger partial charge in [-0.2, -0.15) is 0 Å². The normalized spacial score (nSPS) is 11.6. The van der Waals surface area contributed by atoms with Gasteiger partial charge in [-0.25, -0.2) is 0 Å². The Kier molecular flexibility index (Phi) is 7.56. The molecule has 0 spiro atoms. The van der Waals surface area contributed by atoms with Crippen LogP contribution in [0.1, 0.15) is 77.7 Å². The van der Waals surface area contributed by atoms with E-state index in [2.05, 4.69) is 4.98 Å². The van der Waals surface area contributed by atoms with Gasteiger partial charge in [0.25, 0.3) is 0 Å². The van der Waals surface area contributed by atoms with Crippen LogP contribution in [0.15, 0.2) is 42.7 Å². The molecule has 4 aromatic carbocycles. The fraction of sp³-hybridized carbons (Fsp3) is 0.257. The van der Waals surface area contributed by atoms with E-state index in [-0.39, 0.29) is 52.2 Å². The molecule has 0 atom stereocenters. The molecule has 1 aromatic heterocycles. The van der Waals surface area contributed by atoms with Crippen LogP contribution < -0.4 is 4.74 Å². The van der Waals surface area contributed by atoms with Crippen LogP contribution in [0.25, 0.3) is 32.7 Å². The molecule has 0 saturated heterocycles. The average Bonchev–Trinajstić information content (AvgIpc) is 2.95. The summed E-state index contributed by atoms with van der Waals surface area (Å²) in [4.78, 5) is 16.2. The lowest BCUT2D eigenvalue weighted by Crippen LogP contribution is -2.03. The Bertz CT molecular complexity index is 1910. The molecule has 0 saturated carbocycles. The number of phenolic OH excluding ortho intramolecular Hbond substituents is 5. The van der Waals surface area contributed by atoms with Crippen molar-refractivity contribution in [1.29, 1.82) is 0 Å². The highest BCUT2D eigenvalue weighted by Gasteiger charge is 2.28. The van der Waals surface area contributed by atoms with Crippen LogP contribution in [0, 0.1) is 13.8 Å². The summed E-state index contributed by atoms with van der Waals surface area (Å²) < 4.78 is 6.09. The SMILES string of the molecule is Cc1cc2c(C(C)C)c(OCc3cccnc3)c(O)cc2c(O)c1-c1c(C)cc2c(C(C)C)c(O)c(O)c(C=O)c2c1O. The first-order valence-electron chi connectivity index (χ1n) is 14.1. The number of aryl methyl sites for hydroxylation is 2. The van der Waals surface area contributed by atoms with Gasteiger partial charge in [0.05, 0.1) is 5.56 Å². The van der Waals surface area contributed by atoms with E-state index in [4.69, 9.17) is 4.74 Å². The second-order valence-corrected chi connectivity index (χ2v) is 11.6. The molecule has 0 radical (unpaired) electrons. The van der Waals surface area contributed by atoms with E-state index in [0.29, 0.717) is 56.0 Å². The van der Waals surface area contributed by atoms with Crippen LogP contribution in [-0.2, 0) is 6.61 Å². The summed E-state index contributed by atoms with van der Waals surface area (Å²) in [6.07, 6.45) is 3.76. The summed E-state index contributed by atoms with van der Waals surface area (Å²) in [6, 6.07) is 8.75. The summed E-state index contributed by atoms with van der Waals surface area (Å²) in [7, 11) is 0. The number of carbonyl (C=O) groups excluding carboxylic acids is 1. The Hall–Kier alpha value is -4.98. The van der Waals surface area contributed by atoms with E-state index in [9.17, 15) is 30.3 Å². The van der Waals surface area contributed by atoms with Gasteiger partial charge in [0.1, 0.15) is 18.1 Å². The molecular weight excluding hydrogens is 546 g/mol. The molecule has 0 aliphatic carbocycles. The van der Waals surface area contributed by atoms with E-state index in [0.717, 1.165) is 5.56 Å². The maximum absolute atomic E-state index is 12.1. The average molecular weight is 582 g/mol. The highest BCUT2D eigenvalue weighted by molar-refractivity contribution is 6.12. The molecule has 5 rings (SSSR count). The predicted octanol–water partition coefficient (Wildman–Crippen LogP) is 7.84. The summed E-state index contributed by atoms with van der Waals surface area (Å²) >= 11 is 0. The number of aromatic hydroxyl groups is 5. The van der Waals surface area contributed by atoms with Crippen LogP contribution in [0.2, 0.25) is 0 Å². The third-order valence-electron chi connectivity index (χ3n) is 8.01. The van der Waals surface area contributed by atoms with Gasteiger partial charge in [-0.3, -0.25) is 9.78 Å². The first-order valence-corrected chi connectivity index (χ1v) is 14.1. The van der Waals surface area contributed by atoms with Gasteiger partial charge in [0.2, 0.25) is 0 Å². The number of aldehydes is 1. The summed E-state index contributed by atoms with van der Waals surface area (Å²) in [5.74, 6) is -1.63. The topological polar surface area (TPSA) is 140 Å². The molecule has 0 amide bonds. The van der Waals surface area contributed by atoms with Crippen molar-refractivity contribution in [2.24, 2.45) is 0 Å². The smallest absolute Gasteiger partial charge is 0.169 e. The molecule has 8 nitrogen and oxygen atoms in total. The van der Waals surface area contributed by atoms with Crippen LogP contribution in [0.4, 0.5) is 0 Å². The van der Waals surface area contributed by atoms with Crippen LogP contribution in [0.5, 0.6) is 34.5 Å². The number of phenols is 5. The van der Waals surface area contributed by atoms with Gasteiger partial charge < -0.3 is 30.3 Å². The fourth-order valence-corrected chi connectivity index (χ4v) is 6.13. The number of ether oxygens (including phenoxy) is 1. The first kappa shape index (κ1) is 29.5. The highest BCUT2D eigenvalue weighted by Crippen LogP contribution is 2.53. The lowest BCUT2D eigenvalue weighted by molar-refractivity contribution is 0.112. The third kappa shape index (κ3) is 4.73. The lowest BCUT2D eigenvalue weighted by Gasteiger charge is -2.23. The van der Waals surface area contributed by atoms with Crippen molar-refractivity contribution >= 4 is 27.8 Å². The molecule has 1 heterocycles. The number of hydrogen-bond donors (Lipinski definition) is 5. The first-order chi connectivity index (χ1) is 20.4. The minimum absolute atomic E-state index is 0.0818. The van der Waals surface area contributed by atoms with Crippen molar-refractivity contribution in [1.82, 2.24) is 4.98 Å². The molecule has 5 aromatic rings. The summed E-state index contributed by atoms with van der Waals surface area (Å²) in [5, 5.41) is 57.6. The predicted molar refractivity (Wildman–Crippen MR) is 167 cm³/mol. The monoisotopic (exact) mass is 581 g/mol. The third-order valence-corrected chi connectivity index (χ3v) is 8.01. The number of rotatable bonds is 7. The largest absolute Gasteiger partial charge is 0.507 e. The van der Waals surface area contributed by atoms with Crippen molar-refractivity contribution < 1.29 is 35.1 Å². The van der Waals surface area contributed by atoms with Crippen molar-refractivity contribution in [3.8, 4) is 45.6 Å². The van der Waals surface area contributed by atoms with Gasteiger partial charge >= 0.3 is 0 Å². The maximum Gasteiger partial charge on any atom is 0.169 e. The molecule has 0 unspecified atom stereocenters. The zero-order valence-corrected chi connectivity index (χ0v) is 25.0. The number of nitrogens with zero attached hydrogens (tertiary/aromatic N) is 1. The van der Waals surface area contributed by atoms with E-state index in [1.807, 2.05) is 39.8 Å². The number of benzene rings is 4. The van der Waals surface area contributed by atoms with E-state index >= 15 is 0 Å². The van der Waals surface area contributed by atoms with Gasteiger partial charge in [-0.15, -0.1) is 0 Å². The van der Waals surface area contributed by atoms with Gasteiger partial charge in [0, 0.05) is 51.0 Å². The van der Waals surface area contributed by atoms with Crippen LogP contribution >= 0.6 is 0 Å². The molecule has 0 bridgehead atoms. The number of fused-ring (bicyclic) bond motifs is 2. The van der Waals surface area contributed by atoms with Gasteiger partial charge in [0.15, 0.2) is 29.3 Å². The molecule has 0 aliphatic heterocycles. The molecule has 43 heavy (non-hydrogen) atoms. The van der Waals surface area contributed by atoms with E-state index in [1.54, 1.807) is 38.4 Å². The second kappa shape index (κ2) is 11.0. The second-order valence-electron chi connectivity index (χ2n) is 11.6. The number of hydrogen-bond acceptors (Lipinski definition) is 8.